The number of aliphatic hydroxyl groups excluding tert-OH is 2. The van der Waals surface area contributed by atoms with E-state index in [9.17, 15) is 34.5 Å². The van der Waals surface area contributed by atoms with Crippen LogP contribution in [0.3, 0.4) is 0 Å². The smallest absolute Gasteiger partial charge is 0.414 e. The van der Waals surface area contributed by atoms with Crippen LogP contribution in [0.1, 0.15) is 39.0 Å². The number of esters is 1. The maximum Gasteiger partial charge on any atom is 0.414 e. The third-order valence-corrected chi connectivity index (χ3v) is 6.25. The minimum absolute atomic E-state index is 0.0398. The summed E-state index contributed by atoms with van der Waals surface area (Å²) in [5.74, 6) is -3.09. The summed E-state index contributed by atoms with van der Waals surface area (Å²) in [7, 11) is 1.09. The molecular formula is C24H38N4O12. The average Bonchev–Trinajstić information content (AvgIpc) is 2.94. The molecule has 1 aliphatic heterocycles. The Morgan fingerprint density at radius 1 is 1.15 bits per heavy atom. The highest BCUT2D eigenvalue weighted by Gasteiger charge is 2.45. The molecule has 16 nitrogen and oxygen atoms in total. The van der Waals surface area contributed by atoms with Crippen LogP contribution in [-0.2, 0) is 33.3 Å². The lowest BCUT2D eigenvalue weighted by molar-refractivity contribution is -0.151. The fourth-order valence-corrected chi connectivity index (χ4v) is 4.37. The van der Waals surface area contributed by atoms with Gasteiger partial charge in [-0.25, -0.2) is 19.4 Å². The molecule has 0 saturated heterocycles. The van der Waals surface area contributed by atoms with Crippen molar-refractivity contribution in [1.29, 1.82) is 0 Å². The van der Waals surface area contributed by atoms with Crippen LogP contribution in [-0.4, -0.2) is 109 Å². The average molecular weight is 575 g/mol. The minimum Gasteiger partial charge on any atom is -0.478 e. The summed E-state index contributed by atoms with van der Waals surface area (Å²) >= 11 is 0. The first-order chi connectivity index (χ1) is 19.1. The molecule has 40 heavy (non-hydrogen) atoms. The van der Waals surface area contributed by atoms with E-state index in [-0.39, 0.29) is 31.7 Å². The van der Waals surface area contributed by atoms with Crippen molar-refractivity contribution in [3.05, 3.63) is 11.8 Å². The molecule has 1 saturated carbocycles. The SMILES string of the molecule is CCOC([C@H](O)CO)[C@H]1OC(C(=O)O)=C[C@@H](N=C(N)NC(=O)OCCOC(=O)C2CCCCC2)[C@H]1NC(=O)OC. The summed E-state index contributed by atoms with van der Waals surface area (Å²) < 4.78 is 25.7. The molecule has 0 aromatic carbocycles. The molecule has 0 aromatic rings. The van der Waals surface area contributed by atoms with E-state index in [1.165, 1.54) is 0 Å². The van der Waals surface area contributed by atoms with Gasteiger partial charge in [0.2, 0.25) is 5.76 Å². The monoisotopic (exact) mass is 574 g/mol. The van der Waals surface area contributed by atoms with Crippen LogP contribution in [0.5, 0.6) is 0 Å². The van der Waals surface area contributed by atoms with Crippen molar-refractivity contribution in [2.24, 2.45) is 16.6 Å². The number of methoxy groups -OCH3 is 1. The van der Waals surface area contributed by atoms with Crippen LogP contribution < -0.4 is 16.4 Å². The maximum atomic E-state index is 12.2. The summed E-state index contributed by atoms with van der Waals surface area (Å²) in [5.41, 5.74) is 5.84. The molecule has 7 N–H and O–H groups in total. The number of hydrogen-bond donors (Lipinski definition) is 6. The van der Waals surface area contributed by atoms with Crippen molar-refractivity contribution in [3.8, 4) is 0 Å². The van der Waals surface area contributed by atoms with Gasteiger partial charge in [-0.15, -0.1) is 0 Å². The van der Waals surface area contributed by atoms with Crippen molar-refractivity contribution < 1.29 is 58.2 Å². The van der Waals surface area contributed by atoms with Gasteiger partial charge in [0.25, 0.3) is 0 Å². The number of hydrogen-bond acceptors (Lipinski definition) is 12. The van der Waals surface area contributed by atoms with Crippen LogP contribution in [0, 0.1) is 5.92 Å². The fourth-order valence-electron chi connectivity index (χ4n) is 4.37. The predicted octanol–water partition coefficient (Wildman–Crippen LogP) is -0.630. The number of carbonyl (C=O) groups excluding carboxylic acids is 3. The van der Waals surface area contributed by atoms with Gasteiger partial charge in [-0.1, -0.05) is 19.3 Å². The highest BCUT2D eigenvalue weighted by molar-refractivity contribution is 5.93. The number of nitrogens with zero attached hydrogens (tertiary/aromatic N) is 1. The van der Waals surface area contributed by atoms with Crippen molar-refractivity contribution in [3.63, 3.8) is 0 Å². The molecule has 0 radical (unpaired) electrons. The Labute approximate surface area is 230 Å². The van der Waals surface area contributed by atoms with E-state index < -0.39 is 66.9 Å². The number of nitrogens with two attached hydrogens (primary N) is 1. The molecule has 0 aromatic heterocycles. The third-order valence-electron chi connectivity index (χ3n) is 6.25. The standard InChI is InChI=1S/C24H38N4O12/c1-3-37-18(15(30)12-29)19-17(27-23(34)36-2)14(11-16(40-19)20(31)32)26-22(25)28-24(35)39-10-9-38-21(33)13-7-5-4-6-8-13/h11,13-15,17-19,29-30H,3-10,12H2,1-2H3,(H,27,34)(H,31,32)(H3,25,26,28,35)/t14-,15-,17-,18?,19+/m1/s1. The van der Waals surface area contributed by atoms with E-state index in [1.807, 2.05) is 0 Å². The lowest BCUT2D eigenvalue weighted by Crippen LogP contribution is -2.60. The molecule has 0 bridgehead atoms. The largest absolute Gasteiger partial charge is 0.478 e. The minimum atomic E-state index is -1.53. The number of guanidine groups is 1. The van der Waals surface area contributed by atoms with Gasteiger partial charge in [-0.2, -0.15) is 0 Å². The normalized spacial score (nSPS) is 23.1. The molecular weight excluding hydrogens is 536 g/mol. The summed E-state index contributed by atoms with van der Waals surface area (Å²) in [6.07, 6.45) is -0.594. The van der Waals surface area contributed by atoms with Gasteiger partial charge in [0.1, 0.15) is 25.4 Å². The zero-order chi connectivity index (χ0) is 29.7. The molecule has 1 unspecified atom stereocenters. The first-order valence-corrected chi connectivity index (χ1v) is 12.9. The zero-order valence-corrected chi connectivity index (χ0v) is 22.4. The molecule has 0 spiro atoms. The number of carboxylic acid groups (broad SMARTS) is 1. The summed E-state index contributed by atoms with van der Waals surface area (Å²) in [6, 6.07) is -2.50. The Morgan fingerprint density at radius 2 is 1.82 bits per heavy atom. The topological polar surface area (TPSA) is 238 Å². The quantitative estimate of drug-likeness (QED) is 0.0560. The van der Waals surface area contributed by atoms with Crippen LogP contribution >= 0.6 is 0 Å². The molecule has 1 heterocycles. The lowest BCUT2D eigenvalue weighted by Gasteiger charge is -2.40. The van der Waals surface area contributed by atoms with Gasteiger partial charge in [-0.05, 0) is 25.8 Å². The highest BCUT2D eigenvalue weighted by atomic mass is 16.6. The van der Waals surface area contributed by atoms with E-state index in [0.29, 0.717) is 0 Å². The van der Waals surface area contributed by atoms with Crippen LogP contribution in [0.15, 0.2) is 16.8 Å². The third kappa shape index (κ3) is 9.84. The second-order valence-electron chi connectivity index (χ2n) is 9.02. The second-order valence-corrected chi connectivity index (χ2v) is 9.02. The zero-order valence-electron chi connectivity index (χ0n) is 22.4. The molecule has 1 aliphatic carbocycles. The first kappa shape index (κ1) is 32.6. The van der Waals surface area contributed by atoms with Gasteiger partial charge in [0.05, 0.1) is 31.7 Å². The van der Waals surface area contributed by atoms with E-state index in [1.54, 1.807) is 6.92 Å². The fraction of sp³-hybridized carbons (Fsp3) is 0.708. The van der Waals surface area contributed by atoms with Gasteiger partial charge in [-0.3, -0.25) is 10.1 Å². The Balaban J connectivity index is 2.12. The number of amides is 2. The number of aliphatic imine (C=N–C) groups is 1. The molecule has 16 heteroatoms. The maximum absolute atomic E-state index is 12.2. The Hall–Kier alpha value is -3.63. The van der Waals surface area contributed by atoms with Crippen LogP contribution in [0.4, 0.5) is 9.59 Å². The van der Waals surface area contributed by atoms with E-state index >= 15 is 0 Å². The number of alkyl carbamates (subject to hydrolysis) is 2. The number of carbonyl (C=O) groups is 4. The van der Waals surface area contributed by atoms with E-state index in [4.69, 9.17) is 24.7 Å². The number of nitrogens with one attached hydrogen (secondary N) is 2. The molecule has 1 fully saturated rings. The molecule has 2 rings (SSSR count). The highest BCUT2D eigenvalue weighted by Crippen LogP contribution is 2.27. The van der Waals surface area contributed by atoms with Gasteiger partial charge >= 0.3 is 24.1 Å². The predicted molar refractivity (Wildman–Crippen MR) is 136 cm³/mol. The van der Waals surface area contributed by atoms with Crippen molar-refractivity contribution >= 4 is 30.1 Å². The van der Waals surface area contributed by atoms with Crippen LogP contribution in [0.2, 0.25) is 0 Å². The summed E-state index contributed by atoms with van der Waals surface area (Å²) in [5, 5.41) is 33.9. The molecule has 226 valence electrons. The van der Waals surface area contributed by atoms with Crippen molar-refractivity contribution in [1.82, 2.24) is 10.6 Å². The first-order valence-electron chi connectivity index (χ1n) is 12.9. The van der Waals surface area contributed by atoms with Crippen LogP contribution in [0.25, 0.3) is 0 Å². The number of carboxylic acids is 1. The number of aliphatic hydroxyl groups is 2. The summed E-state index contributed by atoms with van der Waals surface area (Å²) in [4.78, 5) is 52.1. The number of aliphatic carboxylic acids is 1. The Morgan fingerprint density at radius 3 is 2.42 bits per heavy atom. The van der Waals surface area contributed by atoms with Crippen molar-refractivity contribution in [2.75, 3.05) is 33.5 Å². The van der Waals surface area contributed by atoms with Crippen molar-refractivity contribution in [2.45, 2.75) is 69.4 Å². The molecule has 2 amide bonds. The number of ether oxygens (including phenoxy) is 5. The van der Waals surface area contributed by atoms with Gasteiger partial charge in [0.15, 0.2) is 12.1 Å². The Kier molecular flexibility index (Phi) is 13.4. The van der Waals surface area contributed by atoms with E-state index in [2.05, 4.69) is 20.4 Å². The van der Waals surface area contributed by atoms with E-state index in [0.717, 1.165) is 45.3 Å². The Bertz CT molecular complexity index is 937. The molecule has 5 atom stereocenters. The second kappa shape index (κ2) is 16.5. The summed E-state index contributed by atoms with van der Waals surface area (Å²) in [6.45, 7) is 0.473. The van der Waals surface area contributed by atoms with Gasteiger partial charge in [0, 0.05) is 6.61 Å². The number of rotatable bonds is 12. The molecule has 2 aliphatic rings. The van der Waals surface area contributed by atoms with Gasteiger partial charge < -0.3 is 50.1 Å². The lowest BCUT2D eigenvalue weighted by atomic mass is 9.89.